The van der Waals surface area contributed by atoms with Gasteiger partial charge in [-0.05, 0) is 35.1 Å². The number of nitrogens with one attached hydrogen (secondary N) is 1. The molecule has 0 saturated carbocycles. The highest BCUT2D eigenvalue weighted by molar-refractivity contribution is 6.07. The maximum Gasteiger partial charge on any atom is 0.325 e. The SMILES string of the molecule is CC(C)(C)c1ccc([C@@]2(C)NC(=O)N(Cc3ccccc3C#N)C2=O)cc1. The summed E-state index contributed by atoms with van der Waals surface area (Å²) in [6.07, 6.45) is 0. The van der Waals surface area contributed by atoms with Crippen LogP contribution >= 0.6 is 0 Å². The first-order valence-electron chi connectivity index (χ1n) is 8.90. The molecular weight excluding hydrogens is 338 g/mol. The Labute approximate surface area is 159 Å². The van der Waals surface area contributed by atoms with Crippen LogP contribution in [0.3, 0.4) is 0 Å². The van der Waals surface area contributed by atoms with E-state index in [9.17, 15) is 14.9 Å². The summed E-state index contributed by atoms with van der Waals surface area (Å²) in [4.78, 5) is 26.8. The fourth-order valence-corrected chi connectivity index (χ4v) is 3.28. The summed E-state index contributed by atoms with van der Waals surface area (Å²) >= 11 is 0. The number of carbonyl (C=O) groups is 2. The minimum Gasteiger partial charge on any atom is -0.319 e. The lowest BCUT2D eigenvalue weighted by molar-refractivity contribution is -0.131. The molecule has 1 atom stereocenters. The van der Waals surface area contributed by atoms with Crippen molar-refractivity contribution >= 4 is 11.9 Å². The fraction of sp³-hybridized carbons (Fsp3) is 0.318. The van der Waals surface area contributed by atoms with Gasteiger partial charge in [-0.3, -0.25) is 9.69 Å². The lowest BCUT2D eigenvalue weighted by Gasteiger charge is -2.24. The van der Waals surface area contributed by atoms with Gasteiger partial charge >= 0.3 is 6.03 Å². The summed E-state index contributed by atoms with van der Waals surface area (Å²) < 4.78 is 0. The highest BCUT2D eigenvalue weighted by Crippen LogP contribution is 2.32. The topological polar surface area (TPSA) is 73.2 Å². The Morgan fingerprint density at radius 2 is 1.70 bits per heavy atom. The maximum atomic E-state index is 13.1. The first-order chi connectivity index (χ1) is 12.7. The zero-order valence-electron chi connectivity index (χ0n) is 16.0. The van der Waals surface area contributed by atoms with E-state index in [0.29, 0.717) is 11.1 Å². The summed E-state index contributed by atoms with van der Waals surface area (Å²) in [6, 6.07) is 16.4. The van der Waals surface area contributed by atoms with Gasteiger partial charge in [0, 0.05) is 0 Å². The van der Waals surface area contributed by atoms with Gasteiger partial charge in [-0.2, -0.15) is 5.26 Å². The number of rotatable bonds is 3. The van der Waals surface area contributed by atoms with E-state index in [1.165, 1.54) is 4.90 Å². The van der Waals surface area contributed by atoms with Crippen molar-refractivity contribution in [1.29, 1.82) is 5.26 Å². The molecule has 0 aromatic heterocycles. The Morgan fingerprint density at radius 3 is 2.30 bits per heavy atom. The van der Waals surface area contributed by atoms with Gasteiger partial charge in [0.1, 0.15) is 5.54 Å². The van der Waals surface area contributed by atoms with Crippen molar-refractivity contribution in [3.05, 3.63) is 70.8 Å². The summed E-state index contributed by atoms with van der Waals surface area (Å²) in [5, 5.41) is 12.1. The van der Waals surface area contributed by atoms with Gasteiger partial charge in [0.2, 0.25) is 0 Å². The molecule has 1 aliphatic heterocycles. The van der Waals surface area contributed by atoms with E-state index < -0.39 is 11.6 Å². The average Bonchev–Trinajstić information content (AvgIpc) is 2.86. The van der Waals surface area contributed by atoms with Crippen LogP contribution in [0.2, 0.25) is 0 Å². The second-order valence-corrected chi connectivity index (χ2v) is 8.04. The van der Waals surface area contributed by atoms with E-state index >= 15 is 0 Å². The van der Waals surface area contributed by atoms with Gasteiger partial charge in [-0.1, -0.05) is 63.2 Å². The van der Waals surface area contributed by atoms with Gasteiger partial charge in [-0.15, -0.1) is 0 Å². The Bertz CT molecular complexity index is 935. The molecule has 1 aliphatic rings. The summed E-state index contributed by atoms with van der Waals surface area (Å²) in [5.41, 5.74) is 1.90. The highest BCUT2D eigenvalue weighted by Gasteiger charge is 2.49. The Morgan fingerprint density at radius 1 is 1.07 bits per heavy atom. The molecule has 1 N–H and O–H groups in total. The highest BCUT2D eigenvalue weighted by atomic mass is 16.2. The number of nitriles is 1. The molecule has 3 rings (SSSR count). The third kappa shape index (κ3) is 3.31. The molecule has 138 valence electrons. The van der Waals surface area contributed by atoms with Crippen LogP contribution in [-0.4, -0.2) is 16.8 Å². The van der Waals surface area contributed by atoms with Crippen LogP contribution in [0.1, 0.15) is 49.9 Å². The molecule has 27 heavy (non-hydrogen) atoms. The molecule has 0 aliphatic carbocycles. The number of urea groups is 1. The number of nitrogens with zero attached hydrogens (tertiary/aromatic N) is 2. The van der Waals surface area contributed by atoms with Gasteiger partial charge in [-0.25, -0.2) is 4.79 Å². The van der Waals surface area contributed by atoms with Crippen molar-refractivity contribution in [2.24, 2.45) is 0 Å². The molecular formula is C22H23N3O2. The summed E-state index contributed by atoms with van der Waals surface area (Å²) in [5.74, 6) is -0.316. The number of imide groups is 1. The quantitative estimate of drug-likeness (QED) is 0.845. The number of hydrogen-bond acceptors (Lipinski definition) is 3. The molecule has 5 heteroatoms. The summed E-state index contributed by atoms with van der Waals surface area (Å²) in [7, 11) is 0. The lowest BCUT2D eigenvalue weighted by atomic mass is 9.84. The Hall–Kier alpha value is -3.13. The minimum atomic E-state index is -1.12. The number of amides is 3. The molecule has 0 unspecified atom stereocenters. The van der Waals surface area contributed by atoms with Gasteiger partial charge < -0.3 is 5.32 Å². The third-order valence-corrected chi connectivity index (χ3v) is 5.07. The number of benzene rings is 2. The molecule has 5 nitrogen and oxygen atoms in total. The Balaban J connectivity index is 1.90. The zero-order chi connectivity index (χ0) is 19.8. The van der Waals surface area contributed by atoms with Crippen LogP contribution in [0, 0.1) is 11.3 Å². The number of hydrogen-bond donors (Lipinski definition) is 1. The van der Waals surface area contributed by atoms with E-state index in [1.54, 1.807) is 31.2 Å². The molecule has 1 saturated heterocycles. The average molecular weight is 361 g/mol. The molecule has 3 amide bonds. The van der Waals surface area contributed by atoms with Crippen molar-refractivity contribution in [3.8, 4) is 6.07 Å². The summed E-state index contributed by atoms with van der Waals surface area (Å²) in [6.45, 7) is 8.17. The smallest absolute Gasteiger partial charge is 0.319 e. The predicted octanol–water partition coefficient (Wildman–Crippen LogP) is 3.82. The minimum absolute atomic E-state index is 0.00933. The van der Waals surface area contributed by atoms with Crippen LogP contribution in [0.4, 0.5) is 4.79 Å². The number of carbonyl (C=O) groups excluding carboxylic acids is 2. The van der Waals surface area contributed by atoms with E-state index in [-0.39, 0.29) is 17.9 Å². The molecule has 2 aromatic rings. The van der Waals surface area contributed by atoms with Crippen molar-refractivity contribution in [2.75, 3.05) is 0 Å². The van der Waals surface area contributed by atoms with E-state index in [2.05, 4.69) is 32.2 Å². The van der Waals surface area contributed by atoms with E-state index in [1.807, 2.05) is 24.3 Å². The molecule has 0 radical (unpaired) electrons. The normalized spacial score (nSPS) is 19.7. The fourth-order valence-electron chi connectivity index (χ4n) is 3.28. The molecule has 0 bridgehead atoms. The van der Waals surface area contributed by atoms with Crippen molar-refractivity contribution in [2.45, 2.75) is 45.2 Å². The van der Waals surface area contributed by atoms with E-state index in [0.717, 1.165) is 11.1 Å². The van der Waals surface area contributed by atoms with Crippen LogP contribution in [0.15, 0.2) is 48.5 Å². The van der Waals surface area contributed by atoms with Crippen LogP contribution in [0.25, 0.3) is 0 Å². The van der Waals surface area contributed by atoms with Crippen molar-refractivity contribution < 1.29 is 9.59 Å². The van der Waals surface area contributed by atoms with E-state index in [4.69, 9.17) is 0 Å². The first kappa shape index (κ1) is 18.7. The third-order valence-electron chi connectivity index (χ3n) is 5.07. The molecule has 1 heterocycles. The Kier molecular flexibility index (Phi) is 4.52. The largest absolute Gasteiger partial charge is 0.325 e. The molecule has 2 aromatic carbocycles. The lowest BCUT2D eigenvalue weighted by Crippen LogP contribution is -2.40. The maximum absolute atomic E-state index is 13.1. The monoisotopic (exact) mass is 361 g/mol. The van der Waals surface area contributed by atoms with Gasteiger partial charge in [0.15, 0.2) is 0 Å². The first-order valence-corrected chi connectivity index (χ1v) is 8.90. The van der Waals surface area contributed by atoms with Crippen LogP contribution < -0.4 is 5.32 Å². The predicted molar refractivity (Wildman–Crippen MR) is 103 cm³/mol. The van der Waals surface area contributed by atoms with Crippen LogP contribution in [0.5, 0.6) is 0 Å². The van der Waals surface area contributed by atoms with Crippen LogP contribution in [-0.2, 0) is 22.3 Å². The molecule has 1 fully saturated rings. The van der Waals surface area contributed by atoms with Crippen molar-refractivity contribution in [1.82, 2.24) is 10.2 Å². The second kappa shape index (κ2) is 6.55. The molecule has 0 spiro atoms. The van der Waals surface area contributed by atoms with Crippen molar-refractivity contribution in [3.63, 3.8) is 0 Å². The second-order valence-electron chi connectivity index (χ2n) is 8.04. The zero-order valence-corrected chi connectivity index (χ0v) is 16.0. The standard InChI is InChI=1S/C22H23N3O2/c1-21(2,3)17-9-11-18(12-10-17)22(4)19(26)25(20(27)24-22)14-16-8-6-5-7-15(16)13-23/h5-12H,14H2,1-4H3,(H,24,27)/t22-/m1/s1. The van der Waals surface area contributed by atoms with Gasteiger partial charge in [0.25, 0.3) is 5.91 Å². The van der Waals surface area contributed by atoms with Gasteiger partial charge in [0.05, 0.1) is 18.2 Å².